The fourth-order valence-corrected chi connectivity index (χ4v) is 6.00. The summed E-state index contributed by atoms with van der Waals surface area (Å²) < 4.78 is 60.2. The number of fused-ring (bicyclic) bond motifs is 1. The summed E-state index contributed by atoms with van der Waals surface area (Å²) in [4.78, 5) is 29.3. The number of β-amino-alcohol motifs (C(OH)–C–C–N with tert-alkyl or cyclic N) is 1. The Labute approximate surface area is 220 Å². The zero-order valence-corrected chi connectivity index (χ0v) is 21.6. The minimum atomic E-state index is -4.54. The van der Waals surface area contributed by atoms with Crippen LogP contribution in [0.15, 0.2) is 42.5 Å². The van der Waals surface area contributed by atoms with Crippen molar-refractivity contribution in [3.05, 3.63) is 64.7 Å². The molecule has 2 atom stereocenters. The molecule has 38 heavy (non-hydrogen) atoms. The van der Waals surface area contributed by atoms with E-state index in [1.54, 1.807) is 37.4 Å². The van der Waals surface area contributed by atoms with Crippen molar-refractivity contribution >= 4 is 28.3 Å². The van der Waals surface area contributed by atoms with Crippen molar-refractivity contribution < 1.29 is 37.0 Å². The highest BCUT2D eigenvalue weighted by atomic mass is 32.3. The van der Waals surface area contributed by atoms with Crippen molar-refractivity contribution in [3.63, 3.8) is 0 Å². The Morgan fingerprint density at radius 2 is 2.00 bits per heavy atom. The first-order chi connectivity index (χ1) is 17.8. The summed E-state index contributed by atoms with van der Waals surface area (Å²) in [6, 6.07) is 10.8. The number of anilines is 1. The predicted molar refractivity (Wildman–Crippen MR) is 138 cm³/mol. The van der Waals surface area contributed by atoms with Gasteiger partial charge in [0, 0.05) is 32.2 Å². The van der Waals surface area contributed by atoms with E-state index in [2.05, 4.69) is 4.72 Å². The molecule has 9 nitrogen and oxygen atoms in total. The van der Waals surface area contributed by atoms with Gasteiger partial charge in [0.05, 0.1) is 30.0 Å². The number of hydrogen-bond donors (Lipinski definition) is 5. The van der Waals surface area contributed by atoms with Crippen LogP contribution >= 0.6 is 10.8 Å². The second-order valence-corrected chi connectivity index (χ2v) is 11.6. The molecule has 2 amide bonds. The maximum absolute atomic E-state index is 13.4. The van der Waals surface area contributed by atoms with Gasteiger partial charge in [0.1, 0.15) is 6.54 Å². The number of amides is 2. The zero-order valence-electron chi connectivity index (χ0n) is 20.7. The molecule has 2 aromatic rings. The van der Waals surface area contributed by atoms with E-state index in [-0.39, 0.29) is 23.6 Å². The van der Waals surface area contributed by atoms with E-state index in [1.165, 1.54) is 17.0 Å². The Hall–Kier alpha value is -2.84. The molecule has 13 heteroatoms. The van der Waals surface area contributed by atoms with Gasteiger partial charge >= 0.3 is 6.18 Å². The van der Waals surface area contributed by atoms with Gasteiger partial charge in [0.25, 0.3) is 5.91 Å². The van der Waals surface area contributed by atoms with E-state index in [9.17, 15) is 37.0 Å². The Kier molecular flexibility index (Phi) is 8.23. The van der Waals surface area contributed by atoms with Gasteiger partial charge in [0.2, 0.25) is 5.91 Å². The van der Waals surface area contributed by atoms with Crippen LogP contribution in [0.4, 0.5) is 18.9 Å². The van der Waals surface area contributed by atoms with Gasteiger partial charge < -0.3 is 15.3 Å². The highest BCUT2D eigenvalue weighted by molar-refractivity contribution is 8.25. The first kappa shape index (κ1) is 28.2. The van der Waals surface area contributed by atoms with Crippen LogP contribution in [0.5, 0.6) is 0 Å². The third-order valence-electron chi connectivity index (χ3n) is 6.68. The number of nitrogens with one attached hydrogen (secondary N) is 2. The van der Waals surface area contributed by atoms with Crippen LogP contribution in [0.2, 0.25) is 0 Å². The van der Waals surface area contributed by atoms with E-state index < -0.39 is 41.5 Å². The number of aliphatic hydroxyl groups excluding tert-OH is 1. The molecule has 0 spiro atoms. The molecular formula is C25H31F3N4O5S. The molecule has 0 saturated carbocycles. The molecule has 0 radical (unpaired) electrons. The smallest absolute Gasteiger partial charge is 0.392 e. The van der Waals surface area contributed by atoms with Gasteiger partial charge in [-0.3, -0.25) is 28.3 Å². The van der Waals surface area contributed by atoms with Crippen molar-refractivity contribution in [1.29, 1.82) is 0 Å². The molecule has 1 fully saturated rings. The SMILES string of the molecule is CN(C(=O)Cc1ccc2c(c1)NS(O)(O)C2)[C@H](CN1CC[C@H](O)C1)c1cccc(C(=O)NCC(F)(F)F)c1. The van der Waals surface area contributed by atoms with Crippen molar-refractivity contribution in [3.8, 4) is 0 Å². The molecule has 2 heterocycles. The Morgan fingerprint density at radius 1 is 1.24 bits per heavy atom. The molecule has 2 aromatic carbocycles. The van der Waals surface area contributed by atoms with Gasteiger partial charge in [0.15, 0.2) is 0 Å². The highest BCUT2D eigenvalue weighted by Crippen LogP contribution is 2.50. The molecule has 0 aliphatic carbocycles. The maximum Gasteiger partial charge on any atom is 0.405 e. The minimum Gasteiger partial charge on any atom is -0.392 e. The number of aliphatic hydroxyl groups is 1. The highest BCUT2D eigenvalue weighted by Gasteiger charge is 2.31. The minimum absolute atomic E-state index is 0.0233. The predicted octanol–water partition coefficient (Wildman–Crippen LogP) is 3.38. The molecule has 0 aromatic heterocycles. The molecule has 2 aliphatic rings. The fourth-order valence-electron chi connectivity index (χ4n) is 4.70. The van der Waals surface area contributed by atoms with Crippen LogP contribution in [0.1, 0.15) is 39.5 Å². The Bertz CT molecular complexity index is 1200. The average Bonchev–Trinajstić information content (AvgIpc) is 3.40. The number of likely N-dealkylation sites (N-methyl/N-ethyl adjacent to an activating group) is 1. The Morgan fingerprint density at radius 3 is 2.68 bits per heavy atom. The molecule has 208 valence electrons. The van der Waals surface area contributed by atoms with Gasteiger partial charge in [-0.25, -0.2) is 0 Å². The van der Waals surface area contributed by atoms with Crippen LogP contribution in [0, 0.1) is 0 Å². The van der Waals surface area contributed by atoms with Gasteiger partial charge in [-0.15, -0.1) is 10.8 Å². The van der Waals surface area contributed by atoms with Crippen molar-refractivity contribution in [1.82, 2.24) is 15.1 Å². The van der Waals surface area contributed by atoms with Gasteiger partial charge in [-0.2, -0.15) is 13.2 Å². The Balaban J connectivity index is 1.53. The largest absolute Gasteiger partial charge is 0.405 e. The van der Waals surface area contributed by atoms with E-state index in [1.807, 2.05) is 10.2 Å². The molecule has 0 bridgehead atoms. The van der Waals surface area contributed by atoms with Crippen LogP contribution in [0.3, 0.4) is 0 Å². The van der Waals surface area contributed by atoms with Crippen molar-refractivity contribution in [2.75, 3.05) is 37.9 Å². The number of carbonyl (C=O) groups is 2. The lowest BCUT2D eigenvalue weighted by molar-refractivity contribution is -0.131. The quantitative estimate of drug-likeness (QED) is 0.338. The lowest BCUT2D eigenvalue weighted by atomic mass is 10.0. The summed E-state index contributed by atoms with van der Waals surface area (Å²) in [7, 11) is -1.30. The molecule has 0 unspecified atom stereocenters. The van der Waals surface area contributed by atoms with Crippen LogP contribution in [-0.4, -0.2) is 81.3 Å². The number of likely N-dealkylation sites (tertiary alicyclic amines) is 1. The summed E-state index contributed by atoms with van der Waals surface area (Å²) in [5.74, 6) is -1.01. The maximum atomic E-state index is 13.4. The standard InChI is InChI=1S/C25H31F3N4O5S/c1-31(23(34)10-16-5-6-19-14-38(36,37)30-21(19)9-16)22(13-32-8-7-20(33)12-32)17-3-2-4-18(11-17)24(35)29-15-25(26,27)28/h2-6,9,11,20,22,30,33,36-37H,7-8,10,12-15H2,1H3,(H,29,35)/t20-,22+/m0/s1. The molecule has 4 rings (SSSR count). The van der Waals surface area contributed by atoms with Crippen LogP contribution in [-0.2, 0) is 17.0 Å². The number of alkyl halides is 3. The van der Waals surface area contributed by atoms with E-state index in [0.29, 0.717) is 42.9 Å². The fraction of sp³-hybridized carbons (Fsp3) is 0.440. The average molecular weight is 557 g/mol. The second kappa shape index (κ2) is 11.1. The number of halogens is 3. The summed E-state index contributed by atoms with van der Waals surface area (Å²) in [6.07, 6.45) is -4.41. The molecule has 2 aliphatic heterocycles. The third-order valence-corrected chi connectivity index (χ3v) is 7.94. The van der Waals surface area contributed by atoms with Gasteiger partial charge in [-0.05, 0) is 41.3 Å². The number of nitrogens with zero attached hydrogens (tertiary/aromatic N) is 2. The van der Waals surface area contributed by atoms with Crippen LogP contribution < -0.4 is 10.0 Å². The normalized spacial score (nSPS) is 20.3. The number of benzene rings is 2. The third kappa shape index (κ3) is 7.17. The first-order valence-electron chi connectivity index (χ1n) is 12.1. The van der Waals surface area contributed by atoms with E-state index >= 15 is 0 Å². The number of carbonyl (C=O) groups excluding carboxylic acids is 2. The molecule has 5 N–H and O–H groups in total. The summed E-state index contributed by atoms with van der Waals surface area (Å²) >= 11 is 0. The zero-order chi connectivity index (χ0) is 27.7. The van der Waals surface area contributed by atoms with E-state index in [4.69, 9.17) is 0 Å². The second-order valence-electron chi connectivity index (χ2n) is 9.73. The number of rotatable bonds is 8. The first-order valence-corrected chi connectivity index (χ1v) is 13.8. The summed E-state index contributed by atoms with van der Waals surface area (Å²) in [5, 5.41) is 11.8. The van der Waals surface area contributed by atoms with Gasteiger partial charge in [-0.1, -0.05) is 24.3 Å². The van der Waals surface area contributed by atoms with E-state index in [0.717, 1.165) is 5.56 Å². The molecular weight excluding hydrogens is 525 g/mol. The monoisotopic (exact) mass is 556 g/mol. The van der Waals surface area contributed by atoms with Crippen LogP contribution in [0.25, 0.3) is 0 Å². The van der Waals surface area contributed by atoms with Crippen molar-refractivity contribution in [2.24, 2.45) is 0 Å². The molecule has 1 saturated heterocycles. The summed E-state index contributed by atoms with van der Waals surface area (Å²) in [5.41, 5.74) is 2.61. The number of hydrogen-bond acceptors (Lipinski definition) is 7. The summed E-state index contributed by atoms with van der Waals surface area (Å²) in [6.45, 7) is -0.0462. The lowest BCUT2D eigenvalue weighted by Crippen LogP contribution is -2.40. The topological polar surface area (TPSA) is 125 Å². The lowest BCUT2D eigenvalue weighted by Gasteiger charge is -2.32. The van der Waals surface area contributed by atoms with Crippen molar-refractivity contribution in [2.45, 2.75) is 36.9 Å².